The molecule has 0 spiro atoms. The predicted molar refractivity (Wildman–Crippen MR) is 211 cm³/mol. The van der Waals surface area contributed by atoms with Crippen molar-refractivity contribution in [3.63, 3.8) is 0 Å². The number of fused-ring (bicyclic) bond motifs is 2. The Labute approximate surface area is 331 Å². The summed E-state index contributed by atoms with van der Waals surface area (Å²) in [7, 11) is 1.56. The molecule has 0 radical (unpaired) electrons. The second kappa shape index (κ2) is 19.2. The molecule has 2 aliphatic rings. The lowest BCUT2D eigenvalue weighted by Gasteiger charge is -2.28. The van der Waals surface area contributed by atoms with E-state index in [0.717, 1.165) is 37.1 Å². The predicted octanol–water partition coefficient (Wildman–Crippen LogP) is 2.67. The van der Waals surface area contributed by atoms with E-state index in [1.165, 1.54) is 35.0 Å². The van der Waals surface area contributed by atoms with E-state index in [4.69, 9.17) is 4.42 Å². The molecule has 2 aliphatic heterocycles. The van der Waals surface area contributed by atoms with Gasteiger partial charge in [0, 0.05) is 44.0 Å². The number of furan rings is 1. The number of hydrogen-bond acceptors (Lipinski definition) is 10. The van der Waals surface area contributed by atoms with Gasteiger partial charge in [0.15, 0.2) is 5.76 Å². The van der Waals surface area contributed by atoms with Crippen LogP contribution < -0.4 is 21.3 Å². The van der Waals surface area contributed by atoms with Crippen molar-refractivity contribution in [2.24, 2.45) is 5.92 Å². The molecule has 16 heteroatoms. The summed E-state index contributed by atoms with van der Waals surface area (Å²) in [5.74, 6) is -2.70. The van der Waals surface area contributed by atoms with Gasteiger partial charge in [-0.25, -0.2) is 4.98 Å². The van der Waals surface area contributed by atoms with Crippen molar-refractivity contribution in [2.45, 2.75) is 91.0 Å². The minimum atomic E-state index is -1.02. The summed E-state index contributed by atoms with van der Waals surface area (Å²) in [6.07, 6.45) is 3.18. The molecule has 0 aliphatic carbocycles. The van der Waals surface area contributed by atoms with Crippen LogP contribution in [-0.4, -0.2) is 113 Å². The maximum atomic E-state index is 14.2. The number of amides is 6. The lowest BCUT2D eigenvalue weighted by molar-refractivity contribution is -0.136. The van der Waals surface area contributed by atoms with Crippen LogP contribution >= 0.6 is 11.3 Å². The normalized spacial score (nSPS) is 22.7. The number of nitrogens with one attached hydrogen (secondary N) is 4. The first kappa shape index (κ1) is 42.1. The highest BCUT2D eigenvalue weighted by molar-refractivity contribution is 7.09. The van der Waals surface area contributed by atoms with Crippen LogP contribution in [-0.2, 0) is 38.6 Å². The molecule has 3 aromatic rings. The number of benzene rings is 1. The number of thiazole rings is 1. The zero-order valence-corrected chi connectivity index (χ0v) is 33.9. The SMILES string of the molecule is CCc1oc(C(=O)N2CCN(C)C(=O)[C@@H](C)NC(=O)[C@H](C(C)C)NC(=O)[C@H](C)NC(=O)c3csc(n3)[C@H](Cc3ccccc3)NC(=O)C2)cc1CN1CCCC1. The van der Waals surface area contributed by atoms with Gasteiger partial charge in [-0.2, -0.15) is 0 Å². The monoisotopic (exact) mass is 790 g/mol. The Hall–Kier alpha value is -5.09. The largest absolute Gasteiger partial charge is 0.456 e. The summed E-state index contributed by atoms with van der Waals surface area (Å²) in [5, 5.41) is 13.1. The highest BCUT2D eigenvalue weighted by atomic mass is 32.1. The number of likely N-dealkylation sites (tertiary alicyclic amines) is 1. The van der Waals surface area contributed by atoms with Crippen LogP contribution in [0, 0.1) is 5.92 Å². The molecular formula is C40H54N8O7S. The fourth-order valence-corrected chi connectivity index (χ4v) is 7.69. The van der Waals surface area contributed by atoms with Gasteiger partial charge in [-0.3, -0.25) is 33.7 Å². The van der Waals surface area contributed by atoms with Crippen LogP contribution in [0.15, 0.2) is 46.2 Å². The average molecular weight is 791 g/mol. The number of nitrogens with zero attached hydrogens (tertiary/aromatic N) is 4. The van der Waals surface area contributed by atoms with Gasteiger partial charge in [0.1, 0.15) is 41.1 Å². The molecule has 302 valence electrons. The fourth-order valence-electron chi connectivity index (χ4n) is 6.84. The summed E-state index contributed by atoms with van der Waals surface area (Å²) in [6, 6.07) is 7.59. The molecule has 4 heterocycles. The Balaban J connectivity index is 1.47. The topological polar surface area (TPSA) is 186 Å². The van der Waals surface area contributed by atoms with Gasteiger partial charge in [-0.15, -0.1) is 11.3 Å². The van der Waals surface area contributed by atoms with Crippen LogP contribution in [0.2, 0.25) is 0 Å². The van der Waals surface area contributed by atoms with Crippen molar-refractivity contribution in [3.8, 4) is 0 Å². The number of rotatable bonds is 7. The molecule has 0 unspecified atom stereocenters. The summed E-state index contributed by atoms with van der Waals surface area (Å²) in [5.41, 5.74) is 1.90. The third-order valence-electron chi connectivity index (χ3n) is 10.1. The molecule has 15 nitrogen and oxygen atoms in total. The summed E-state index contributed by atoms with van der Waals surface area (Å²) < 4.78 is 6.12. The minimum Gasteiger partial charge on any atom is -0.456 e. The Morgan fingerprint density at radius 3 is 2.32 bits per heavy atom. The van der Waals surface area contributed by atoms with E-state index in [1.807, 2.05) is 37.3 Å². The smallest absolute Gasteiger partial charge is 0.290 e. The van der Waals surface area contributed by atoms with Crippen molar-refractivity contribution < 1.29 is 33.2 Å². The molecule has 1 fully saturated rings. The molecule has 5 rings (SSSR count). The van der Waals surface area contributed by atoms with Crippen molar-refractivity contribution >= 4 is 46.8 Å². The molecule has 56 heavy (non-hydrogen) atoms. The molecule has 2 aromatic heterocycles. The summed E-state index contributed by atoms with van der Waals surface area (Å²) in [6.45, 7) is 10.8. The van der Waals surface area contributed by atoms with E-state index in [-0.39, 0.29) is 37.0 Å². The molecule has 4 atom stereocenters. The van der Waals surface area contributed by atoms with E-state index < -0.39 is 59.6 Å². The van der Waals surface area contributed by atoms with Crippen LogP contribution in [0.1, 0.15) is 96.4 Å². The lowest BCUT2D eigenvalue weighted by atomic mass is 10.0. The maximum absolute atomic E-state index is 14.2. The number of likely N-dealkylation sites (N-methyl/N-ethyl adjacent to an activating group) is 1. The van der Waals surface area contributed by atoms with E-state index in [0.29, 0.717) is 30.2 Å². The highest BCUT2D eigenvalue weighted by Crippen LogP contribution is 2.24. The van der Waals surface area contributed by atoms with Crippen LogP contribution in [0.25, 0.3) is 0 Å². The first-order valence-electron chi connectivity index (χ1n) is 19.3. The third-order valence-corrected chi connectivity index (χ3v) is 11.1. The number of aromatic nitrogens is 1. The quantitative estimate of drug-likeness (QED) is 0.279. The van der Waals surface area contributed by atoms with Gasteiger partial charge < -0.3 is 35.5 Å². The molecular weight excluding hydrogens is 737 g/mol. The number of aryl methyl sites for hydroxylation is 1. The van der Waals surface area contributed by atoms with E-state index in [1.54, 1.807) is 32.3 Å². The van der Waals surface area contributed by atoms with Crippen molar-refractivity contribution in [1.82, 2.24) is 41.0 Å². The average Bonchev–Trinajstić information content (AvgIpc) is 3.96. The lowest BCUT2D eigenvalue weighted by Crippen LogP contribution is -2.57. The molecule has 6 amide bonds. The second-order valence-corrected chi connectivity index (χ2v) is 15.8. The van der Waals surface area contributed by atoms with Crippen LogP contribution in [0.4, 0.5) is 0 Å². The number of carbonyl (C=O) groups excluding carboxylic acids is 6. The standard InChI is InChI=1S/C40H54N8O7S/c1-7-31-28(21-47-15-11-12-16-47)20-32(55-31)40(54)48-18-17-46(6)39(53)26(5)42-37(52)34(24(2)3)45-35(50)25(4)41-36(51)30-23-56-38(44-30)29(43-33(49)22-48)19-27-13-9-8-10-14-27/h8-10,13-14,20,23-26,29,34H,7,11-12,15-19,21-22H2,1-6H3,(H,41,51)(H,42,52)(H,43,49)(H,45,50)/t25-,26+,29-,34-/m0/s1. The second-order valence-electron chi connectivity index (χ2n) is 14.9. The van der Waals surface area contributed by atoms with E-state index >= 15 is 0 Å². The minimum absolute atomic E-state index is 0.0216. The zero-order valence-electron chi connectivity index (χ0n) is 33.1. The van der Waals surface area contributed by atoms with Crippen molar-refractivity contribution in [2.75, 3.05) is 39.8 Å². The van der Waals surface area contributed by atoms with Gasteiger partial charge in [0.25, 0.3) is 11.8 Å². The van der Waals surface area contributed by atoms with Crippen LogP contribution in [0.5, 0.6) is 0 Å². The summed E-state index contributed by atoms with van der Waals surface area (Å²) >= 11 is 1.18. The van der Waals surface area contributed by atoms with E-state index in [9.17, 15) is 28.8 Å². The third kappa shape index (κ3) is 10.8. The first-order valence-corrected chi connectivity index (χ1v) is 20.2. The van der Waals surface area contributed by atoms with E-state index in [2.05, 4.69) is 31.2 Å². The highest BCUT2D eigenvalue weighted by Gasteiger charge is 2.32. The van der Waals surface area contributed by atoms with Crippen LogP contribution in [0.3, 0.4) is 0 Å². The van der Waals surface area contributed by atoms with Crippen molar-refractivity contribution in [1.29, 1.82) is 0 Å². The Kier molecular flexibility index (Phi) is 14.4. The van der Waals surface area contributed by atoms with Crippen molar-refractivity contribution in [3.05, 3.63) is 75.1 Å². The molecule has 1 aromatic carbocycles. The molecule has 4 N–H and O–H groups in total. The van der Waals surface area contributed by atoms with Gasteiger partial charge in [0.2, 0.25) is 23.6 Å². The molecule has 1 saturated heterocycles. The maximum Gasteiger partial charge on any atom is 0.290 e. The Bertz CT molecular complexity index is 1870. The molecule has 0 saturated carbocycles. The number of carbonyl (C=O) groups is 6. The Morgan fingerprint density at radius 2 is 1.64 bits per heavy atom. The van der Waals surface area contributed by atoms with Gasteiger partial charge in [0.05, 0.1) is 6.04 Å². The Morgan fingerprint density at radius 1 is 0.929 bits per heavy atom. The number of hydrogen-bond donors (Lipinski definition) is 4. The zero-order chi connectivity index (χ0) is 40.5. The first-order chi connectivity index (χ1) is 26.7. The van der Waals surface area contributed by atoms with Gasteiger partial charge in [-0.1, -0.05) is 51.1 Å². The van der Waals surface area contributed by atoms with Gasteiger partial charge in [-0.05, 0) is 63.7 Å². The van der Waals surface area contributed by atoms with Gasteiger partial charge >= 0.3 is 0 Å². The fraction of sp³-hybridized carbons (Fsp3) is 0.525. The molecule has 2 bridgehead atoms. The summed E-state index contributed by atoms with van der Waals surface area (Å²) in [4.78, 5) is 91.3.